The molecule has 2 aliphatic rings. The summed E-state index contributed by atoms with van der Waals surface area (Å²) in [6.45, 7) is 4.12. The molecule has 0 bridgehead atoms. The van der Waals surface area contributed by atoms with Gasteiger partial charge in [-0.15, -0.1) is 0 Å². The minimum absolute atomic E-state index is 0.121. The van der Waals surface area contributed by atoms with E-state index in [1.165, 1.54) is 0 Å². The van der Waals surface area contributed by atoms with E-state index in [-0.39, 0.29) is 49.9 Å². The molecule has 0 saturated heterocycles. The van der Waals surface area contributed by atoms with Crippen molar-refractivity contribution in [2.24, 2.45) is 5.92 Å². The first-order chi connectivity index (χ1) is 22.7. The number of hydrogen-bond acceptors (Lipinski definition) is 7. The molecule has 5 amide bonds. The van der Waals surface area contributed by atoms with Crippen LogP contribution in [0.3, 0.4) is 0 Å². The Morgan fingerprint density at radius 1 is 0.936 bits per heavy atom. The molecule has 0 saturated carbocycles. The molecule has 244 valence electrons. The minimum atomic E-state index is -0.520. The van der Waals surface area contributed by atoms with E-state index in [4.69, 9.17) is 14.2 Å². The van der Waals surface area contributed by atoms with Gasteiger partial charge >= 0.3 is 12.1 Å². The first-order valence-corrected chi connectivity index (χ1v) is 15.4. The van der Waals surface area contributed by atoms with Crippen molar-refractivity contribution >= 4 is 45.8 Å². The number of nitrogens with zero attached hydrogens (tertiary/aromatic N) is 2. The number of benzene rings is 4. The van der Waals surface area contributed by atoms with Crippen molar-refractivity contribution in [2.75, 3.05) is 49.5 Å². The van der Waals surface area contributed by atoms with Crippen molar-refractivity contribution in [3.63, 3.8) is 0 Å². The molecule has 12 nitrogen and oxygen atoms in total. The average molecular weight is 640 g/mol. The highest BCUT2D eigenvalue weighted by atomic mass is 16.7. The predicted octanol–water partition coefficient (Wildman–Crippen LogP) is 5.60. The highest BCUT2D eigenvalue weighted by Crippen LogP contribution is 2.35. The molecular weight excluding hydrogens is 602 g/mol. The van der Waals surface area contributed by atoms with Crippen molar-refractivity contribution in [1.29, 1.82) is 0 Å². The van der Waals surface area contributed by atoms with Gasteiger partial charge in [0, 0.05) is 42.3 Å². The lowest BCUT2D eigenvalue weighted by atomic mass is 9.99. The number of aliphatic hydroxyl groups is 1. The summed E-state index contributed by atoms with van der Waals surface area (Å²) in [4.78, 5) is 43.2. The van der Waals surface area contributed by atoms with Gasteiger partial charge in [0.25, 0.3) is 5.91 Å². The molecule has 0 aromatic heterocycles. The Morgan fingerprint density at radius 3 is 2.43 bits per heavy atom. The summed E-state index contributed by atoms with van der Waals surface area (Å²) >= 11 is 0. The summed E-state index contributed by atoms with van der Waals surface area (Å²) in [6, 6.07) is 22.2. The number of rotatable bonds is 7. The molecule has 4 aromatic carbocycles. The number of amides is 5. The molecule has 0 radical (unpaired) electrons. The second-order valence-electron chi connectivity index (χ2n) is 11.8. The number of aliphatic hydroxyl groups excluding tert-OH is 1. The van der Waals surface area contributed by atoms with Gasteiger partial charge in [-0.1, -0.05) is 43.3 Å². The maximum Gasteiger partial charge on any atom is 0.323 e. The monoisotopic (exact) mass is 639 g/mol. The first-order valence-electron chi connectivity index (χ1n) is 15.4. The molecule has 3 atom stereocenters. The van der Waals surface area contributed by atoms with E-state index >= 15 is 0 Å². The number of ether oxygens (including phenoxy) is 3. The van der Waals surface area contributed by atoms with E-state index in [0.29, 0.717) is 34.3 Å². The van der Waals surface area contributed by atoms with Crippen molar-refractivity contribution in [3.05, 3.63) is 84.4 Å². The summed E-state index contributed by atoms with van der Waals surface area (Å²) in [5, 5.41) is 20.5. The van der Waals surface area contributed by atoms with Gasteiger partial charge in [-0.3, -0.25) is 4.79 Å². The van der Waals surface area contributed by atoms with Gasteiger partial charge < -0.3 is 45.1 Å². The van der Waals surface area contributed by atoms with Crippen molar-refractivity contribution < 1.29 is 33.7 Å². The number of carbonyl (C=O) groups is 3. The fraction of sp³-hybridized carbons (Fsp3) is 0.286. The maximum absolute atomic E-state index is 13.8. The number of anilines is 3. The Bertz CT molecular complexity index is 1810. The zero-order valence-electron chi connectivity index (χ0n) is 26.4. The smallest absolute Gasteiger partial charge is 0.323 e. The van der Waals surface area contributed by atoms with E-state index in [1.807, 2.05) is 49.4 Å². The number of hydrogen-bond donors (Lipinski definition) is 4. The lowest BCUT2D eigenvalue weighted by Gasteiger charge is -2.38. The fourth-order valence-corrected chi connectivity index (χ4v) is 5.68. The lowest BCUT2D eigenvalue weighted by molar-refractivity contribution is 0.0371. The maximum atomic E-state index is 13.8. The number of nitrogens with one attached hydrogen (secondary N) is 3. The molecule has 0 fully saturated rings. The third-order valence-electron chi connectivity index (χ3n) is 8.38. The van der Waals surface area contributed by atoms with Crippen LogP contribution in [0.5, 0.6) is 17.2 Å². The third-order valence-corrected chi connectivity index (χ3v) is 8.38. The molecule has 47 heavy (non-hydrogen) atoms. The molecule has 0 aliphatic carbocycles. The molecule has 12 heteroatoms. The summed E-state index contributed by atoms with van der Waals surface area (Å²) in [5.41, 5.74) is 1.80. The van der Waals surface area contributed by atoms with Gasteiger partial charge in [0.15, 0.2) is 11.5 Å². The summed E-state index contributed by atoms with van der Waals surface area (Å²) in [6.07, 6.45) is -0.494. The van der Waals surface area contributed by atoms with Gasteiger partial charge in [0.1, 0.15) is 11.9 Å². The van der Waals surface area contributed by atoms with E-state index in [2.05, 4.69) is 16.0 Å². The number of fused-ring (bicyclic) bond motifs is 3. The van der Waals surface area contributed by atoms with Gasteiger partial charge in [-0.2, -0.15) is 0 Å². The Morgan fingerprint density at radius 2 is 1.64 bits per heavy atom. The average Bonchev–Trinajstić information content (AvgIpc) is 3.54. The third kappa shape index (κ3) is 6.87. The van der Waals surface area contributed by atoms with E-state index in [9.17, 15) is 19.5 Å². The second kappa shape index (κ2) is 13.5. The molecule has 6 rings (SSSR count). The highest BCUT2D eigenvalue weighted by molar-refractivity contribution is 6.03. The topological polar surface area (TPSA) is 142 Å². The van der Waals surface area contributed by atoms with Crippen LogP contribution in [0, 0.1) is 5.92 Å². The Balaban J connectivity index is 1.20. The number of carbonyl (C=O) groups excluding carboxylic acids is 3. The van der Waals surface area contributed by atoms with E-state index in [1.54, 1.807) is 60.2 Å². The summed E-state index contributed by atoms with van der Waals surface area (Å²) in [5.74, 6) is 0.909. The van der Waals surface area contributed by atoms with Crippen molar-refractivity contribution in [1.82, 2.24) is 9.80 Å². The minimum Gasteiger partial charge on any atom is -0.487 e. The molecular formula is C35H37N5O7. The van der Waals surface area contributed by atoms with Gasteiger partial charge in [-0.25, -0.2) is 9.59 Å². The highest BCUT2D eigenvalue weighted by Gasteiger charge is 2.34. The van der Waals surface area contributed by atoms with Crippen LogP contribution < -0.4 is 30.2 Å². The van der Waals surface area contributed by atoms with Crippen LogP contribution in [0.1, 0.15) is 24.2 Å². The zero-order valence-corrected chi connectivity index (χ0v) is 26.4. The summed E-state index contributed by atoms with van der Waals surface area (Å²) < 4.78 is 17.1. The zero-order chi connectivity index (χ0) is 33.1. The van der Waals surface area contributed by atoms with Crippen LogP contribution in [0.2, 0.25) is 0 Å². The molecule has 0 unspecified atom stereocenters. The van der Waals surface area contributed by atoms with Gasteiger partial charge in [-0.05, 0) is 48.7 Å². The molecule has 2 aliphatic heterocycles. The molecule has 4 aromatic rings. The van der Waals surface area contributed by atoms with Crippen LogP contribution in [0.15, 0.2) is 78.9 Å². The second-order valence-corrected chi connectivity index (χ2v) is 11.8. The number of urea groups is 2. The SMILES string of the molecule is C[C@@H]1CN([C@@H](C)CO)C(=O)c2cc(NC(=O)Nc3ccc4c(c3)OCO4)ccc2O[C@@H]1CN(C)C(=O)Nc1cccc2ccccc12. The normalized spacial score (nSPS) is 17.5. The van der Waals surface area contributed by atoms with Crippen LogP contribution in [-0.4, -0.2) is 78.6 Å². The van der Waals surface area contributed by atoms with Gasteiger partial charge in [0.05, 0.1) is 30.4 Å². The van der Waals surface area contributed by atoms with Crippen LogP contribution in [0.25, 0.3) is 10.8 Å². The standard InChI is InChI=1S/C35H37N5O7/c1-21-17-40(22(2)19-41)33(42)27-15-24(36-34(43)37-25-12-14-30-31(16-25)46-20-45-30)11-13-29(27)47-32(21)18-39(3)35(44)38-28-10-6-8-23-7-4-5-9-26(23)28/h4-16,21-22,32,41H,17-20H2,1-3H3,(H,38,44)(H2,36,37,43)/t21-,22+,32-/m1/s1. The van der Waals surface area contributed by atoms with Crippen molar-refractivity contribution in [3.8, 4) is 17.2 Å². The molecule has 4 N–H and O–H groups in total. The largest absolute Gasteiger partial charge is 0.487 e. The van der Waals surface area contributed by atoms with E-state index in [0.717, 1.165) is 10.8 Å². The fourth-order valence-electron chi connectivity index (χ4n) is 5.68. The van der Waals surface area contributed by atoms with Crippen LogP contribution in [-0.2, 0) is 0 Å². The lowest BCUT2D eigenvalue weighted by Crippen LogP contribution is -2.50. The Hall–Kier alpha value is -5.49. The predicted molar refractivity (Wildman–Crippen MR) is 178 cm³/mol. The quantitative estimate of drug-likeness (QED) is 0.206. The van der Waals surface area contributed by atoms with Crippen LogP contribution in [0.4, 0.5) is 26.7 Å². The van der Waals surface area contributed by atoms with Crippen LogP contribution >= 0.6 is 0 Å². The Kier molecular flexibility index (Phi) is 9.03. The summed E-state index contributed by atoms with van der Waals surface area (Å²) in [7, 11) is 1.70. The van der Waals surface area contributed by atoms with E-state index < -0.39 is 18.2 Å². The first kappa shape index (κ1) is 31.5. The molecule has 0 spiro atoms. The Labute approximate surface area is 272 Å². The van der Waals surface area contributed by atoms with Crippen molar-refractivity contribution in [2.45, 2.75) is 26.0 Å². The molecule has 2 heterocycles. The van der Waals surface area contributed by atoms with Gasteiger partial charge in [0.2, 0.25) is 6.79 Å². The number of likely N-dealkylation sites (N-methyl/N-ethyl adjacent to an activating group) is 1.